The highest BCUT2D eigenvalue weighted by molar-refractivity contribution is 7.99. The van der Waals surface area contributed by atoms with Gasteiger partial charge in [-0.25, -0.2) is 4.98 Å². The molecule has 0 fully saturated rings. The Morgan fingerprint density at radius 1 is 1.60 bits per heavy atom. The zero-order valence-electron chi connectivity index (χ0n) is 9.36. The summed E-state index contributed by atoms with van der Waals surface area (Å²) in [5.41, 5.74) is 6.94. The molecule has 0 saturated carbocycles. The lowest BCUT2D eigenvalue weighted by molar-refractivity contribution is 0.661. The first-order valence-electron chi connectivity index (χ1n) is 5.25. The van der Waals surface area contributed by atoms with Gasteiger partial charge in [0.05, 0.1) is 0 Å². The zero-order chi connectivity index (χ0) is 11.1. The molecular weight excluding hydrogens is 206 g/mol. The Labute approximate surface area is 95.9 Å². The van der Waals surface area contributed by atoms with Crippen molar-refractivity contribution in [1.82, 2.24) is 10.3 Å². The smallest absolute Gasteiger partial charge is 0.128 e. The van der Waals surface area contributed by atoms with Crippen LogP contribution in [0.3, 0.4) is 0 Å². The minimum atomic E-state index is 0.301. The van der Waals surface area contributed by atoms with Gasteiger partial charge in [-0.15, -0.1) is 0 Å². The quantitative estimate of drug-likeness (QED) is 0.728. The molecule has 84 valence electrons. The molecule has 0 radical (unpaired) electrons. The molecule has 0 aliphatic carbocycles. The van der Waals surface area contributed by atoms with Gasteiger partial charge in [0.2, 0.25) is 0 Å². The predicted molar refractivity (Wildman–Crippen MR) is 68.1 cm³/mol. The van der Waals surface area contributed by atoms with E-state index in [4.69, 9.17) is 5.73 Å². The number of aromatic nitrogens is 1. The number of hydrogen-bond donors (Lipinski definition) is 2. The van der Waals surface area contributed by atoms with Crippen LogP contribution < -0.4 is 11.1 Å². The van der Waals surface area contributed by atoms with Gasteiger partial charge in [0.25, 0.3) is 0 Å². The van der Waals surface area contributed by atoms with Crippen LogP contribution in [0.4, 0.5) is 5.82 Å². The third kappa shape index (κ3) is 3.72. The number of anilines is 1. The lowest BCUT2D eigenvalue weighted by Crippen LogP contribution is -2.20. The molecule has 0 aliphatic rings. The fraction of sp³-hybridized carbons (Fsp3) is 0.545. The van der Waals surface area contributed by atoms with E-state index in [2.05, 4.69) is 17.2 Å². The Balaban J connectivity index is 2.61. The minimum absolute atomic E-state index is 0.301. The normalized spacial score (nSPS) is 12.7. The van der Waals surface area contributed by atoms with Crippen LogP contribution in [0.25, 0.3) is 0 Å². The Hall–Kier alpha value is -0.740. The second kappa shape index (κ2) is 6.69. The van der Waals surface area contributed by atoms with Crippen molar-refractivity contribution in [3.8, 4) is 0 Å². The summed E-state index contributed by atoms with van der Waals surface area (Å²) in [6.45, 7) is 2.19. The molecule has 0 aromatic carbocycles. The van der Waals surface area contributed by atoms with Crippen LogP contribution in [0.1, 0.15) is 24.9 Å². The van der Waals surface area contributed by atoms with E-state index in [1.165, 1.54) is 12.2 Å². The summed E-state index contributed by atoms with van der Waals surface area (Å²) in [6, 6.07) is 4.27. The third-order valence-electron chi connectivity index (χ3n) is 2.23. The number of thioether (sulfide) groups is 1. The molecule has 0 spiro atoms. The lowest BCUT2D eigenvalue weighted by atomic mass is 10.1. The highest BCUT2D eigenvalue weighted by atomic mass is 32.2. The Morgan fingerprint density at radius 3 is 3.00 bits per heavy atom. The van der Waals surface area contributed by atoms with Gasteiger partial charge in [-0.2, -0.15) is 11.8 Å². The molecule has 1 heterocycles. The van der Waals surface area contributed by atoms with Crippen LogP contribution in [0, 0.1) is 0 Å². The first-order chi connectivity index (χ1) is 7.29. The summed E-state index contributed by atoms with van der Waals surface area (Å²) in [7, 11) is 1.96. The molecule has 0 aliphatic heterocycles. The van der Waals surface area contributed by atoms with Crippen molar-refractivity contribution in [1.29, 1.82) is 0 Å². The van der Waals surface area contributed by atoms with Crippen molar-refractivity contribution < 1.29 is 0 Å². The van der Waals surface area contributed by atoms with E-state index in [9.17, 15) is 0 Å². The molecule has 1 aromatic rings. The summed E-state index contributed by atoms with van der Waals surface area (Å²) in [6.07, 6.45) is 2.94. The molecule has 1 aromatic heterocycles. The van der Waals surface area contributed by atoms with Crippen LogP contribution in [-0.4, -0.2) is 23.5 Å². The maximum Gasteiger partial charge on any atom is 0.128 e. The molecule has 0 amide bonds. The number of nitrogen functional groups attached to an aromatic ring is 1. The van der Waals surface area contributed by atoms with E-state index < -0.39 is 0 Å². The first-order valence-corrected chi connectivity index (χ1v) is 6.40. The minimum Gasteiger partial charge on any atom is -0.383 e. The fourth-order valence-corrected chi connectivity index (χ4v) is 2.44. The predicted octanol–water partition coefficient (Wildman–Crippen LogP) is 2.07. The van der Waals surface area contributed by atoms with Crippen LogP contribution in [-0.2, 0) is 0 Å². The maximum absolute atomic E-state index is 5.84. The largest absolute Gasteiger partial charge is 0.383 e. The summed E-state index contributed by atoms with van der Waals surface area (Å²) < 4.78 is 0. The average Bonchev–Trinajstić information content (AvgIpc) is 2.26. The Morgan fingerprint density at radius 2 is 2.40 bits per heavy atom. The molecule has 0 saturated heterocycles. The van der Waals surface area contributed by atoms with Crippen molar-refractivity contribution in [3.05, 3.63) is 23.9 Å². The van der Waals surface area contributed by atoms with Gasteiger partial charge < -0.3 is 11.1 Å². The van der Waals surface area contributed by atoms with Crippen LogP contribution in [0.2, 0.25) is 0 Å². The molecule has 3 N–H and O–H groups in total. The molecule has 1 rings (SSSR count). The number of pyridine rings is 1. The molecule has 4 heteroatoms. The topological polar surface area (TPSA) is 50.9 Å². The highest BCUT2D eigenvalue weighted by Crippen LogP contribution is 2.21. The van der Waals surface area contributed by atoms with Crippen LogP contribution >= 0.6 is 11.8 Å². The highest BCUT2D eigenvalue weighted by Gasteiger charge is 2.12. The van der Waals surface area contributed by atoms with Gasteiger partial charge in [-0.05, 0) is 25.3 Å². The van der Waals surface area contributed by atoms with Gasteiger partial charge in [0.15, 0.2) is 0 Å². The van der Waals surface area contributed by atoms with Crippen molar-refractivity contribution >= 4 is 17.6 Å². The number of nitrogens with zero attached hydrogens (tertiary/aromatic N) is 1. The summed E-state index contributed by atoms with van der Waals surface area (Å²) in [4.78, 5) is 4.10. The number of nitrogens with two attached hydrogens (primary N) is 1. The van der Waals surface area contributed by atoms with Gasteiger partial charge in [0, 0.05) is 23.6 Å². The molecule has 3 nitrogen and oxygen atoms in total. The number of hydrogen-bond acceptors (Lipinski definition) is 4. The maximum atomic E-state index is 5.84. The van der Waals surface area contributed by atoms with Gasteiger partial charge in [-0.1, -0.05) is 13.0 Å². The number of rotatable bonds is 6. The monoisotopic (exact) mass is 225 g/mol. The van der Waals surface area contributed by atoms with E-state index in [0.717, 1.165) is 11.3 Å². The van der Waals surface area contributed by atoms with E-state index in [-0.39, 0.29) is 0 Å². The fourth-order valence-electron chi connectivity index (χ4n) is 1.40. The lowest BCUT2D eigenvalue weighted by Gasteiger charge is -2.17. The molecular formula is C11H19N3S. The van der Waals surface area contributed by atoms with Gasteiger partial charge >= 0.3 is 0 Å². The number of nitrogens with one attached hydrogen (secondary N) is 1. The standard InChI is InChI=1S/C11H19N3S/c1-3-7-15-8-10(13-2)9-5-4-6-14-11(9)12/h4-6,10,13H,3,7-8H2,1-2H3,(H2,12,14). The Bertz CT molecular complexity index is 291. The zero-order valence-corrected chi connectivity index (χ0v) is 10.2. The molecule has 15 heavy (non-hydrogen) atoms. The van der Waals surface area contributed by atoms with E-state index in [0.29, 0.717) is 11.9 Å². The van der Waals surface area contributed by atoms with E-state index >= 15 is 0 Å². The third-order valence-corrected chi connectivity index (χ3v) is 3.49. The summed E-state index contributed by atoms with van der Waals surface area (Å²) >= 11 is 1.94. The summed E-state index contributed by atoms with van der Waals surface area (Å²) in [5.74, 6) is 2.87. The van der Waals surface area contributed by atoms with Crippen molar-refractivity contribution in [2.45, 2.75) is 19.4 Å². The van der Waals surface area contributed by atoms with Gasteiger partial charge in [0.1, 0.15) is 5.82 Å². The Kier molecular flexibility index (Phi) is 5.50. The van der Waals surface area contributed by atoms with Gasteiger partial charge in [-0.3, -0.25) is 0 Å². The van der Waals surface area contributed by atoms with Crippen molar-refractivity contribution in [2.75, 3.05) is 24.3 Å². The van der Waals surface area contributed by atoms with E-state index in [1.54, 1.807) is 6.20 Å². The first kappa shape index (κ1) is 12.3. The second-order valence-electron chi connectivity index (χ2n) is 3.39. The molecule has 0 bridgehead atoms. The molecule has 1 atom stereocenters. The van der Waals surface area contributed by atoms with Crippen molar-refractivity contribution in [3.63, 3.8) is 0 Å². The van der Waals surface area contributed by atoms with Crippen molar-refractivity contribution in [2.24, 2.45) is 0 Å². The second-order valence-corrected chi connectivity index (χ2v) is 4.54. The van der Waals surface area contributed by atoms with E-state index in [1.807, 2.05) is 30.9 Å². The van der Waals surface area contributed by atoms with Crippen LogP contribution in [0.15, 0.2) is 18.3 Å². The van der Waals surface area contributed by atoms with Crippen LogP contribution in [0.5, 0.6) is 0 Å². The summed E-state index contributed by atoms with van der Waals surface area (Å²) in [5, 5.41) is 3.28. The molecule has 1 unspecified atom stereocenters. The average molecular weight is 225 g/mol. The SMILES string of the molecule is CCCSCC(NC)c1cccnc1N.